The summed E-state index contributed by atoms with van der Waals surface area (Å²) in [5.41, 5.74) is 5.72. The maximum Gasteiger partial charge on any atom is 0.230 e. The molecule has 2 aliphatic carbocycles. The number of fused-ring (bicyclic) bond motifs is 3. The van der Waals surface area contributed by atoms with Gasteiger partial charge in [0.2, 0.25) is 5.91 Å². The summed E-state index contributed by atoms with van der Waals surface area (Å²) >= 11 is 0. The van der Waals surface area contributed by atoms with E-state index in [0.717, 1.165) is 49.2 Å². The van der Waals surface area contributed by atoms with Crippen LogP contribution >= 0.6 is 0 Å². The van der Waals surface area contributed by atoms with Gasteiger partial charge in [0.05, 0.1) is 11.1 Å². The van der Waals surface area contributed by atoms with Crippen LogP contribution in [0.1, 0.15) is 81.7 Å². The minimum absolute atomic E-state index is 0.0383. The fourth-order valence-corrected chi connectivity index (χ4v) is 6.69. The lowest BCUT2D eigenvalue weighted by Gasteiger charge is -2.54. The number of carbonyl (C=O) groups excluding carboxylic acids is 1. The summed E-state index contributed by atoms with van der Waals surface area (Å²) in [6.07, 6.45) is 7.04. The zero-order chi connectivity index (χ0) is 25.3. The van der Waals surface area contributed by atoms with Gasteiger partial charge in [0.1, 0.15) is 12.4 Å². The van der Waals surface area contributed by atoms with Gasteiger partial charge in [-0.2, -0.15) is 0 Å². The first-order valence-corrected chi connectivity index (χ1v) is 13.4. The van der Waals surface area contributed by atoms with E-state index in [4.69, 9.17) is 4.74 Å². The lowest BCUT2D eigenvalue weighted by molar-refractivity contribution is -0.133. The second-order valence-electron chi connectivity index (χ2n) is 11.4. The van der Waals surface area contributed by atoms with Crippen molar-refractivity contribution in [1.82, 2.24) is 4.98 Å². The molecule has 1 N–H and O–H groups in total. The van der Waals surface area contributed by atoms with Crippen LogP contribution in [0.5, 0.6) is 5.75 Å². The van der Waals surface area contributed by atoms with Gasteiger partial charge in [-0.05, 0) is 96.0 Å². The molecule has 0 aliphatic heterocycles. The zero-order valence-electron chi connectivity index (χ0n) is 22.0. The lowest BCUT2D eigenvalue weighted by Crippen LogP contribution is -2.53. The topological polar surface area (TPSA) is 51.2 Å². The van der Waals surface area contributed by atoms with E-state index in [-0.39, 0.29) is 11.3 Å². The van der Waals surface area contributed by atoms with Crippen molar-refractivity contribution in [3.8, 4) is 5.75 Å². The summed E-state index contributed by atoms with van der Waals surface area (Å²) in [5, 5.41) is 3.24. The summed E-state index contributed by atoms with van der Waals surface area (Å²) in [7, 11) is 0. The number of benzene rings is 2. The molecule has 0 bridgehead atoms. The normalized spacial score (nSPS) is 25.1. The molecule has 1 aromatic heterocycles. The number of ether oxygens (including phenoxy) is 1. The van der Waals surface area contributed by atoms with Crippen LogP contribution in [-0.4, -0.2) is 10.9 Å². The van der Waals surface area contributed by atoms with Crippen LogP contribution in [0.2, 0.25) is 0 Å². The van der Waals surface area contributed by atoms with Crippen LogP contribution < -0.4 is 10.1 Å². The molecule has 4 heteroatoms. The largest absolute Gasteiger partial charge is 0.487 e. The number of amides is 1. The fraction of sp³-hybridized carbons (Fsp3) is 0.438. The van der Waals surface area contributed by atoms with Gasteiger partial charge in [0, 0.05) is 11.9 Å². The average molecular weight is 483 g/mol. The molecule has 0 radical (unpaired) electrons. The second-order valence-corrected chi connectivity index (χ2v) is 11.4. The number of aromatic nitrogens is 1. The molecule has 2 aliphatic rings. The van der Waals surface area contributed by atoms with Gasteiger partial charge in [-0.15, -0.1) is 0 Å². The first-order chi connectivity index (χ1) is 17.3. The number of hydrogen-bond acceptors (Lipinski definition) is 3. The molecule has 3 atom stereocenters. The average Bonchev–Trinajstić information content (AvgIpc) is 2.88. The van der Waals surface area contributed by atoms with Gasteiger partial charge in [-0.25, -0.2) is 0 Å². The number of carbonyl (C=O) groups is 1. The molecule has 3 aromatic rings. The first-order valence-electron chi connectivity index (χ1n) is 13.4. The lowest BCUT2D eigenvalue weighted by atomic mass is 9.49. The summed E-state index contributed by atoms with van der Waals surface area (Å²) in [6.45, 7) is 9.54. The van der Waals surface area contributed by atoms with Crippen molar-refractivity contribution in [1.29, 1.82) is 0 Å². The van der Waals surface area contributed by atoms with E-state index < -0.39 is 5.41 Å². The van der Waals surface area contributed by atoms with Crippen molar-refractivity contribution in [2.75, 3.05) is 5.32 Å². The van der Waals surface area contributed by atoms with Crippen LogP contribution in [-0.2, 0) is 23.2 Å². The van der Waals surface area contributed by atoms with Crippen LogP contribution in [0.3, 0.4) is 0 Å². The summed E-state index contributed by atoms with van der Waals surface area (Å²) in [6, 6.07) is 20.6. The highest BCUT2D eigenvalue weighted by atomic mass is 16.5. The first kappa shape index (κ1) is 24.5. The third kappa shape index (κ3) is 4.54. The maximum atomic E-state index is 13.8. The molecule has 4 nitrogen and oxygen atoms in total. The smallest absolute Gasteiger partial charge is 0.230 e. The van der Waals surface area contributed by atoms with E-state index in [1.807, 2.05) is 42.5 Å². The molecule has 0 unspecified atom stereocenters. The minimum atomic E-state index is -0.393. The van der Waals surface area contributed by atoms with Crippen LogP contribution in [0, 0.1) is 11.3 Å². The Morgan fingerprint density at radius 2 is 1.89 bits per heavy atom. The molecule has 188 valence electrons. The zero-order valence-corrected chi connectivity index (χ0v) is 22.0. The Morgan fingerprint density at radius 3 is 2.61 bits per heavy atom. The van der Waals surface area contributed by atoms with Crippen molar-refractivity contribution >= 4 is 11.6 Å². The van der Waals surface area contributed by atoms with Crippen LogP contribution in [0.15, 0.2) is 66.9 Å². The van der Waals surface area contributed by atoms with Crippen molar-refractivity contribution in [3.05, 3.63) is 89.2 Å². The molecule has 1 saturated carbocycles. The third-order valence-electron chi connectivity index (χ3n) is 8.79. The summed E-state index contributed by atoms with van der Waals surface area (Å²) in [5.74, 6) is 1.77. The standard InChI is InChI=1S/C32H38N2O2/c1-22(2)23-9-15-28-24(20-23)10-16-29-31(28,3)17-7-18-32(29,4)30(35)34-25-11-13-27(14-12-25)36-21-26-8-5-6-19-33-26/h5-6,8-9,11-15,19-20,22,29H,7,10,16-18,21H2,1-4H3,(H,34,35)/t29-,31-,32-/m1/s1. The van der Waals surface area contributed by atoms with Crippen molar-refractivity contribution in [2.45, 2.75) is 77.7 Å². The Bertz CT molecular complexity index is 1220. The van der Waals surface area contributed by atoms with Gasteiger partial charge in [-0.3, -0.25) is 9.78 Å². The predicted octanol–water partition coefficient (Wildman–Crippen LogP) is 7.43. The molecule has 36 heavy (non-hydrogen) atoms. The van der Waals surface area contributed by atoms with Crippen molar-refractivity contribution in [2.24, 2.45) is 11.3 Å². The molecular formula is C32H38N2O2. The highest BCUT2D eigenvalue weighted by Crippen LogP contribution is 2.57. The summed E-state index contributed by atoms with van der Waals surface area (Å²) in [4.78, 5) is 18.1. The van der Waals surface area contributed by atoms with Gasteiger partial charge >= 0.3 is 0 Å². The number of rotatable bonds is 6. The van der Waals surface area contributed by atoms with Gasteiger partial charge < -0.3 is 10.1 Å². The minimum Gasteiger partial charge on any atom is -0.487 e. The van der Waals surface area contributed by atoms with Crippen molar-refractivity contribution in [3.63, 3.8) is 0 Å². The molecule has 1 fully saturated rings. The van der Waals surface area contributed by atoms with Gasteiger partial charge in [-0.1, -0.05) is 58.4 Å². The molecule has 2 aromatic carbocycles. The fourth-order valence-electron chi connectivity index (χ4n) is 6.69. The molecule has 5 rings (SSSR count). The number of nitrogens with one attached hydrogen (secondary N) is 1. The van der Waals surface area contributed by atoms with E-state index in [2.05, 4.69) is 56.2 Å². The molecule has 1 amide bonds. The van der Waals surface area contributed by atoms with Gasteiger partial charge in [0.15, 0.2) is 0 Å². The molecule has 0 spiro atoms. The van der Waals surface area contributed by atoms with E-state index in [9.17, 15) is 4.79 Å². The molecular weight excluding hydrogens is 444 g/mol. The monoisotopic (exact) mass is 482 g/mol. The Labute approximate surface area is 215 Å². The number of pyridine rings is 1. The Hall–Kier alpha value is -3.14. The van der Waals surface area contributed by atoms with Gasteiger partial charge in [0.25, 0.3) is 0 Å². The number of nitrogens with zero attached hydrogens (tertiary/aromatic N) is 1. The van der Waals surface area contributed by atoms with E-state index in [0.29, 0.717) is 18.4 Å². The number of aryl methyl sites for hydroxylation is 1. The van der Waals surface area contributed by atoms with Crippen molar-refractivity contribution < 1.29 is 9.53 Å². The summed E-state index contributed by atoms with van der Waals surface area (Å²) < 4.78 is 5.85. The van der Waals surface area contributed by atoms with Crippen LogP contribution in [0.4, 0.5) is 5.69 Å². The number of anilines is 1. The number of hydrogen-bond donors (Lipinski definition) is 1. The highest BCUT2D eigenvalue weighted by molar-refractivity contribution is 5.95. The molecule has 1 heterocycles. The Morgan fingerprint density at radius 1 is 1.08 bits per heavy atom. The second kappa shape index (κ2) is 9.72. The quantitative estimate of drug-likeness (QED) is 0.397. The van der Waals surface area contributed by atoms with E-state index in [1.165, 1.54) is 16.7 Å². The highest BCUT2D eigenvalue weighted by Gasteiger charge is 2.54. The SMILES string of the molecule is CC(C)c1ccc2c(c1)CC[C@H]1[C@](C)(C(=O)Nc3ccc(OCc4ccccn4)cc3)CCC[C@]21C. The van der Waals surface area contributed by atoms with E-state index >= 15 is 0 Å². The predicted molar refractivity (Wildman–Crippen MR) is 145 cm³/mol. The van der Waals surface area contributed by atoms with Crippen LogP contribution in [0.25, 0.3) is 0 Å². The Balaban J connectivity index is 1.30. The van der Waals surface area contributed by atoms with E-state index in [1.54, 1.807) is 6.20 Å². The Kier molecular flexibility index (Phi) is 6.63. The molecule has 0 saturated heterocycles. The third-order valence-corrected chi connectivity index (χ3v) is 8.79. The maximum absolute atomic E-state index is 13.8.